The molecule has 0 bridgehead atoms. The molecule has 2 rings (SSSR count). The summed E-state index contributed by atoms with van der Waals surface area (Å²) in [4.78, 5) is 6.35. The molecule has 1 unspecified atom stereocenters. The molecule has 6 heteroatoms. The second-order valence-electron chi connectivity index (χ2n) is 5.59. The summed E-state index contributed by atoms with van der Waals surface area (Å²) in [5.74, 6) is 0.950. The normalized spacial score (nSPS) is 18.5. The van der Waals surface area contributed by atoms with Gasteiger partial charge in [0.1, 0.15) is 5.82 Å². The summed E-state index contributed by atoms with van der Waals surface area (Å²) in [6, 6.07) is 4.75. The third-order valence-corrected chi connectivity index (χ3v) is 3.86. The van der Waals surface area contributed by atoms with Crippen molar-refractivity contribution in [2.45, 2.75) is 19.6 Å². The van der Waals surface area contributed by atoms with Crippen molar-refractivity contribution >= 4 is 5.96 Å². The van der Waals surface area contributed by atoms with Gasteiger partial charge in [-0.05, 0) is 24.1 Å². The summed E-state index contributed by atoms with van der Waals surface area (Å²) in [5.41, 5.74) is 1.22. The van der Waals surface area contributed by atoms with Crippen LogP contribution in [0.5, 0.6) is 0 Å². The van der Waals surface area contributed by atoms with E-state index in [0.717, 1.165) is 37.7 Å². The molecule has 1 heterocycles. The quantitative estimate of drug-likeness (QED) is 0.637. The van der Waals surface area contributed by atoms with Gasteiger partial charge in [0, 0.05) is 45.3 Å². The zero-order valence-electron chi connectivity index (χ0n) is 13.2. The van der Waals surface area contributed by atoms with Gasteiger partial charge in [-0.2, -0.15) is 0 Å². The number of benzene rings is 1. The fourth-order valence-corrected chi connectivity index (χ4v) is 2.63. The lowest BCUT2D eigenvalue weighted by Crippen LogP contribution is -2.41. The van der Waals surface area contributed by atoms with Gasteiger partial charge in [0.15, 0.2) is 5.96 Å². The van der Waals surface area contributed by atoms with Gasteiger partial charge in [-0.25, -0.2) is 4.39 Å². The Balaban J connectivity index is 1.90. The lowest BCUT2D eigenvalue weighted by atomic mass is 10.1. The Labute approximate surface area is 130 Å². The van der Waals surface area contributed by atoms with E-state index in [0.29, 0.717) is 18.0 Å². The molecule has 0 radical (unpaired) electrons. The van der Waals surface area contributed by atoms with Gasteiger partial charge in [0.05, 0.1) is 13.2 Å². The number of aliphatic hydroxyl groups excluding tert-OH is 1. The minimum absolute atomic E-state index is 0.296. The molecule has 122 valence electrons. The van der Waals surface area contributed by atoms with Crippen LogP contribution in [0.1, 0.15) is 17.5 Å². The van der Waals surface area contributed by atoms with Crippen LogP contribution in [0.3, 0.4) is 0 Å². The zero-order chi connectivity index (χ0) is 15.9. The molecule has 1 aliphatic heterocycles. The third kappa shape index (κ3) is 4.42. The molecule has 22 heavy (non-hydrogen) atoms. The number of ether oxygens (including phenoxy) is 1. The summed E-state index contributed by atoms with van der Waals surface area (Å²) < 4.78 is 18.8. The summed E-state index contributed by atoms with van der Waals surface area (Å²) in [6.07, 6.45) is 1.08. The van der Waals surface area contributed by atoms with Crippen LogP contribution in [0, 0.1) is 11.7 Å². The highest BCUT2D eigenvalue weighted by atomic mass is 19.1. The summed E-state index contributed by atoms with van der Waals surface area (Å²) >= 11 is 0. The molecule has 1 atom stereocenters. The van der Waals surface area contributed by atoms with Crippen LogP contribution in [0.4, 0.5) is 4.39 Å². The molecular formula is C16H24FN3O2. The van der Waals surface area contributed by atoms with E-state index in [4.69, 9.17) is 9.84 Å². The first kappa shape index (κ1) is 16.7. The Morgan fingerprint density at radius 2 is 2.36 bits per heavy atom. The summed E-state index contributed by atoms with van der Waals surface area (Å²) in [7, 11) is 3.74. The maximum absolute atomic E-state index is 13.4. The Hall–Kier alpha value is -1.66. The van der Waals surface area contributed by atoms with Crippen molar-refractivity contribution in [3.63, 3.8) is 0 Å². The van der Waals surface area contributed by atoms with E-state index >= 15 is 0 Å². The molecule has 1 fully saturated rings. The van der Waals surface area contributed by atoms with Gasteiger partial charge in [0.25, 0.3) is 0 Å². The minimum atomic E-state index is -0.381. The number of aliphatic imine (C=N–C) groups is 1. The number of halogens is 1. The average molecular weight is 309 g/mol. The highest BCUT2D eigenvalue weighted by molar-refractivity contribution is 5.79. The van der Waals surface area contributed by atoms with Crippen molar-refractivity contribution in [3.05, 3.63) is 35.1 Å². The second kappa shape index (κ2) is 8.10. The molecular weight excluding hydrogens is 285 g/mol. The van der Waals surface area contributed by atoms with Crippen molar-refractivity contribution < 1.29 is 14.2 Å². The van der Waals surface area contributed by atoms with Crippen LogP contribution in [-0.2, 0) is 17.9 Å². The van der Waals surface area contributed by atoms with Crippen LogP contribution in [0.2, 0.25) is 0 Å². The van der Waals surface area contributed by atoms with Gasteiger partial charge in [-0.1, -0.05) is 6.07 Å². The van der Waals surface area contributed by atoms with E-state index in [-0.39, 0.29) is 12.4 Å². The molecule has 0 aromatic heterocycles. The van der Waals surface area contributed by atoms with E-state index in [9.17, 15) is 4.39 Å². The number of nitrogens with zero attached hydrogens (tertiary/aromatic N) is 2. The number of rotatable bonds is 5. The summed E-state index contributed by atoms with van der Waals surface area (Å²) in [5, 5.41) is 12.4. The van der Waals surface area contributed by atoms with E-state index < -0.39 is 0 Å². The molecule has 5 nitrogen and oxygen atoms in total. The molecule has 2 N–H and O–H groups in total. The second-order valence-corrected chi connectivity index (χ2v) is 5.59. The molecule has 0 amide bonds. The van der Waals surface area contributed by atoms with Gasteiger partial charge in [0.2, 0.25) is 0 Å². The maximum atomic E-state index is 13.4. The standard InChI is InChI=1S/C16H24FN3O2/c1-18-16(20(2)9-13-5-6-22-11-13)19-8-12-3-4-15(17)14(7-12)10-21/h3-4,7,13,21H,5-6,8-11H2,1-2H3,(H,18,19). The molecule has 0 spiro atoms. The van der Waals surface area contributed by atoms with Gasteiger partial charge in [-0.15, -0.1) is 0 Å². The molecule has 0 aliphatic carbocycles. The maximum Gasteiger partial charge on any atom is 0.193 e. The molecule has 1 aliphatic rings. The SMILES string of the molecule is CN=C(NCc1ccc(F)c(CO)c1)N(C)CC1CCOC1. The predicted molar refractivity (Wildman–Crippen MR) is 84.1 cm³/mol. The van der Waals surface area contributed by atoms with Crippen LogP contribution >= 0.6 is 0 Å². The first-order valence-corrected chi connectivity index (χ1v) is 7.51. The fourth-order valence-electron chi connectivity index (χ4n) is 2.63. The first-order chi connectivity index (χ1) is 10.6. The van der Waals surface area contributed by atoms with Gasteiger partial charge < -0.3 is 20.1 Å². The van der Waals surface area contributed by atoms with Crippen LogP contribution < -0.4 is 5.32 Å². The lowest BCUT2D eigenvalue weighted by Gasteiger charge is -2.24. The van der Waals surface area contributed by atoms with E-state index in [1.807, 2.05) is 7.05 Å². The lowest BCUT2D eigenvalue weighted by molar-refractivity contribution is 0.181. The van der Waals surface area contributed by atoms with E-state index in [1.165, 1.54) is 6.07 Å². The number of aliphatic hydroxyl groups is 1. The van der Waals surface area contributed by atoms with Crippen LogP contribution in [0.15, 0.2) is 23.2 Å². The van der Waals surface area contributed by atoms with Crippen molar-refractivity contribution in [2.24, 2.45) is 10.9 Å². The Bertz CT molecular complexity index is 516. The topological polar surface area (TPSA) is 57.1 Å². The fraction of sp³-hybridized carbons (Fsp3) is 0.562. The van der Waals surface area contributed by atoms with E-state index in [1.54, 1.807) is 19.2 Å². The van der Waals surface area contributed by atoms with Crippen molar-refractivity contribution in [1.82, 2.24) is 10.2 Å². The van der Waals surface area contributed by atoms with Gasteiger partial charge >= 0.3 is 0 Å². The Morgan fingerprint density at radius 3 is 3.00 bits per heavy atom. The van der Waals surface area contributed by atoms with Gasteiger partial charge in [-0.3, -0.25) is 4.99 Å². The zero-order valence-corrected chi connectivity index (χ0v) is 13.2. The molecule has 0 saturated carbocycles. The Kier molecular flexibility index (Phi) is 6.15. The largest absolute Gasteiger partial charge is 0.392 e. The number of guanidine groups is 1. The van der Waals surface area contributed by atoms with E-state index in [2.05, 4.69) is 15.2 Å². The first-order valence-electron chi connectivity index (χ1n) is 7.51. The predicted octanol–water partition coefficient (Wildman–Crippen LogP) is 1.36. The van der Waals surface area contributed by atoms with Crippen molar-refractivity contribution in [3.8, 4) is 0 Å². The molecule has 1 saturated heterocycles. The highest BCUT2D eigenvalue weighted by Gasteiger charge is 2.19. The van der Waals surface area contributed by atoms with Crippen molar-refractivity contribution in [2.75, 3.05) is 33.9 Å². The molecule has 1 aromatic carbocycles. The number of hydrogen-bond donors (Lipinski definition) is 2. The van der Waals surface area contributed by atoms with Crippen LogP contribution in [-0.4, -0.2) is 49.8 Å². The third-order valence-electron chi connectivity index (χ3n) is 3.86. The van der Waals surface area contributed by atoms with Crippen LogP contribution in [0.25, 0.3) is 0 Å². The number of hydrogen-bond acceptors (Lipinski definition) is 3. The molecule has 1 aromatic rings. The highest BCUT2D eigenvalue weighted by Crippen LogP contribution is 2.14. The average Bonchev–Trinajstić information content (AvgIpc) is 3.02. The monoisotopic (exact) mass is 309 g/mol. The smallest absolute Gasteiger partial charge is 0.193 e. The minimum Gasteiger partial charge on any atom is -0.392 e. The number of nitrogens with one attached hydrogen (secondary N) is 1. The van der Waals surface area contributed by atoms with Crippen molar-refractivity contribution in [1.29, 1.82) is 0 Å². The Morgan fingerprint density at radius 1 is 1.55 bits per heavy atom. The summed E-state index contributed by atoms with van der Waals surface area (Å²) in [6.45, 7) is 2.77.